The Morgan fingerprint density at radius 1 is 0.545 bits per heavy atom. The Morgan fingerprint density at radius 2 is 1.15 bits per heavy atom. The van der Waals surface area contributed by atoms with E-state index in [1.54, 1.807) is 0 Å². The van der Waals surface area contributed by atoms with Gasteiger partial charge in [-0.25, -0.2) is 15.0 Å². The molecule has 33 heavy (non-hydrogen) atoms. The summed E-state index contributed by atoms with van der Waals surface area (Å²) in [6.45, 7) is 0. The third kappa shape index (κ3) is 3.34. The lowest BCUT2D eigenvalue weighted by Crippen LogP contribution is -2.12. The third-order valence-electron chi connectivity index (χ3n) is 5.51. The number of hydrogen-bond acceptors (Lipinski definition) is 5. The number of hydrogen-bond donors (Lipinski definition) is 0. The van der Waals surface area contributed by atoms with Crippen LogP contribution in [0.3, 0.4) is 0 Å². The van der Waals surface area contributed by atoms with E-state index in [9.17, 15) is 4.79 Å². The maximum absolute atomic E-state index is 13.1. The monoisotopic (exact) mass is 427 g/mol. The minimum atomic E-state index is -0.310. The van der Waals surface area contributed by atoms with Gasteiger partial charge in [-0.2, -0.15) is 4.98 Å². The summed E-state index contributed by atoms with van der Waals surface area (Å²) in [6.07, 6.45) is 1.89. The van der Waals surface area contributed by atoms with Gasteiger partial charge < -0.3 is 4.40 Å². The fraction of sp³-hybridized carbons (Fsp3) is 0. The standard InChI is InChI=1S/C27H17N5O/c33-27-23-20(14-9-15-21(23)32-17-8-7-16-22(32)28-27)26-30-24(18-10-3-1-4-11-18)29-25(31-26)19-12-5-2-6-13-19/h1-17H. The van der Waals surface area contributed by atoms with Crippen LogP contribution in [0.2, 0.25) is 0 Å². The molecule has 0 unspecified atom stereocenters. The Morgan fingerprint density at radius 3 is 1.82 bits per heavy atom. The van der Waals surface area contributed by atoms with E-state index in [1.807, 2.05) is 108 Å². The number of fused-ring (bicyclic) bond motifs is 3. The van der Waals surface area contributed by atoms with Crippen LogP contribution in [0.25, 0.3) is 50.7 Å². The first kappa shape index (κ1) is 19.0. The molecule has 6 rings (SSSR count). The molecule has 3 heterocycles. The zero-order chi connectivity index (χ0) is 22.2. The minimum absolute atomic E-state index is 0.310. The highest BCUT2D eigenvalue weighted by Crippen LogP contribution is 2.28. The smallest absolute Gasteiger partial charge is 0.281 e. The van der Waals surface area contributed by atoms with Gasteiger partial charge in [-0.1, -0.05) is 78.9 Å². The van der Waals surface area contributed by atoms with Gasteiger partial charge in [0.25, 0.3) is 5.56 Å². The maximum Gasteiger partial charge on any atom is 0.281 e. The fourth-order valence-electron chi connectivity index (χ4n) is 3.97. The summed E-state index contributed by atoms with van der Waals surface area (Å²) >= 11 is 0. The van der Waals surface area contributed by atoms with Gasteiger partial charge in [0.05, 0.1) is 10.9 Å². The van der Waals surface area contributed by atoms with Crippen molar-refractivity contribution in [3.05, 3.63) is 114 Å². The Hall–Kier alpha value is -4.71. The third-order valence-corrected chi connectivity index (χ3v) is 5.51. The molecule has 0 atom stereocenters. The van der Waals surface area contributed by atoms with Crippen molar-refractivity contribution in [3.63, 3.8) is 0 Å². The second-order valence-electron chi connectivity index (χ2n) is 7.58. The van der Waals surface area contributed by atoms with Crippen LogP contribution < -0.4 is 5.56 Å². The first-order chi connectivity index (χ1) is 16.3. The van der Waals surface area contributed by atoms with E-state index in [1.165, 1.54) is 0 Å². The second-order valence-corrected chi connectivity index (χ2v) is 7.58. The number of aromatic nitrogens is 5. The van der Waals surface area contributed by atoms with Gasteiger partial charge in [0.15, 0.2) is 17.5 Å². The molecule has 6 aromatic rings. The molecule has 0 aliphatic heterocycles. The van der Waals surface area contributed by atoms with Crippen molar-refractivity contribution in [1.82, 2.24) is 24.3 Å². The average Bonchev–Trinajstić information content (AvgIpc) is 2.89. The quantitative estimate of drug-likeness (QED) is 0.370. The highest BCUT2D eigenvalue weighted by molar-refractivity contribution is 5.93. The molecule has 0 aliphatic rings. The summed E-state index contributed by atoms with van der Waals surface area (Å²) in [6, 6.07) is 30.8. The van der Waals surface area contributed by atoms with Gasteiger partial charge in [0.1, 0.15) is 5.65 Å². The molecule has 0 saturated carbocycles. The molecule has 6 nitrogen and oxygen atoms in total. The molecule has 0 aliphatic carbocycles. The van der Waals surface area contributed by atoms with Gasteiger partial charge >= 0.3 is 0 Å². The summed E-state index contributed by atoms with van der Waals surface area (Å²) in [7, 11) is 0. The van der Waals surface area contributed by atoms with E-state index in [0.29, 0.717) is 34.1 Å². The zero-order valence-electron chi connectivity index (χ0n) is 17.5. The zero-order valence-corrected chi connectivity index (χ0v) is 17.5. The van der Waals surface area contributed by atoms with Crippen LogP contribution in [0.5, 0.6) is 0 Å². The van der Waals surface area contributed by atoms with Crippen molar-refractivity contribution >= 4 is 16.6 Å². The molecule has 0 bridgehead atoms. The fourth-order valence-corrected chi connectivity index (χ4v) is 3.97. The summed E-state index contributed by atoms with van der Waals surface area (Å²) in [4.78, 5) is 31.7. The lowest BCUT2D eigenvalue weighted by molar-refractivity contribution is 1.07. The van der Waals surface area contributed by atoms with E-state index in [-0.39, 0.29) is 5.56 Å². The van der Waals surface area contributed by atoms with Crippen LogP contribution in [0.1, 0.15) is 0 Å². The Balaban J connectivity index is 1.67. The topological polar surface area (TPSA) is 73.0 Å². The van der Waals surface area contributed by atoms with Crippen LogP contribution in [0.15, 0.2) is 108 Å². The molecule has 0 N–H and O–H groups in total. The van der Waals surface area contributed by atoms with Crippen molar-refractivity contribution in [3.8, 4) is 34.2 Å². The van der Waals surface area contributed by atoms with Crippen molar-refractivity contribution in [2.24, 2.45) is 0 Å². The van der Waals surface area contributed by atoms with Crippen molar-refractivity contribution in [2.45, 2.75) is 0 Å². The van der Waals surface area contributed by atoms with E-state index < -0.39 is 0 Å². The van der Waals surface area contributed by atoms with Gasteiger partial charge in [-0.05, 0) is 18.2 Å². The molecule has 0 saturated heterocycles. The minimum Gasteiger partial charge on any atom is -0.301 e. The highest BCUT2D eigenvalue weighted by atomic mass is 16.1. The lowest BCUT2D eigenvalue weighted by Gasteiger charge is -2.11. The van der Waals surface area contributed by atoms with E-state index in [4.69, 9.17) is 15.0 Å². The molecule has 0 spiro atoms. The average molecular weight is 427 g/mol. The van der Waals surface area contributed by atoms with Crippen molar-refractivity contribution in [1.29, 1.82) is 0 Å². The molecule has 0 fully saturated rings. The van der Waals surface area contributed by atoms with Crippen molar-refractivity contribution < 1.29 is 0 Å². The Labute approximate surface area is 188 Å². The van der Waals surface area contributed by atoms with Crippen LogP contribution in [-0.2, 0) is 0 Å². The van der Waals surface area contributed by atoms with Gasteiger partial charge in [0, 0.05) is 22.9 Å². The first-order valence-electron chi connectivity index (χ1n) is 10.6. The predicted octanol–water partition coefficient (Wildman–Crippen LogP) is 5.03. The van der Waals surface area contributed by atoms with Crippen LogP contribution in [-0.4, -0.2) is 24.3 Å². The van der Waals surface area contributed by atoms with Crippen LogP contribution >= 0.6 is 0 Å². The molecule has 3 aromatic heterocycles. The highest BCUT2D eigenvalue weighted by Gasteiger charge is 2.17. The first-order valence-corrected chi connectivity index (χ1v) is 10.6. The largest absolute Gasteiger partial charge is 0.301 e. The SMILES string of the molecule is O=c1nc2ccccn2c2cccc(-c3nc(-c4ccccc4)nc(-c4ccccc4)n3)c12. The molecular formula is C27H17N5O. The summed E-state index contributed by atoms with van der Waals surface area (Å²) in [5.41, 5.74) is 3.41. The molecule has 0 amide bonds. The summed E-state index contributed by atoms with van der Waals surface area (Å²) < 4.78 is 1.90. The molecule has 3 aromatic carbocycles. The Bertz CT molecular complexity index is 1620. The summed E-state index contributed by atoms with van der Waals surface area (Å²) in [5, 5.41) is 0.477. The van der Waals surface area contributed by atoms with E-state index in [2.05, 4.69) is 4.98 Å². The normalized spacial score (nSPS) is 11.2. The number of nitrogens with zero attached hydrogens (tertiary/aromatic N) is 5. The number of rotatable bonds is 3. The molecule has 6 heteroatoms. The molecule has 156 valence electrons. The van der Waals surface area contributed by atoms with Crippen LogP contribution in [0.4, 0.5) is 0 Å². The van der Waals surface area contributed by atoms with Crippen LogP contribution in [0, 0.1) is 0 Å². The summed E-state index contributed by atoms with van der Waals surface area (Å²) in [5.74, 6) is 1.53. The Kier molecular flexibility index (Phi) is 4.47. The van der Waals surface area contributed by atoms with E-state index >= 15 is 0 Å². The van der Waals surface area contributed by atoms with Gasteiger partial charge in [-0.15, -0.1) is 0 Å². The van der Waals surface area contributed by atoms with Gasteiger partial charge in [-0.3, -0.25) is 4.79 Å². The maximum atomic E-state index is 13.1. The van der Waals surface area contributed by atoms with Gasteiger partial charge in [0.2, 0.25) is 0 Å². The molecule has 0 radical (unpaired) electrons. The number of benzene rings is 3. The molecular weight excluding hydrogens is 410 g/mol. The van der Waals surface area contributed by atoms with E-state index in [0.717, 1.165) is 16.6 Å². The number of pyridine rings is 1. The van der Waals surface area contributed by atoms with Crippen molar-refractivity contribution in [2.75, 3.05) is 0 Å². The predicted molar refractivity (Wildman–Crippen MR) is 129 cm³/mol. The second kappa shape index (κ2) is 7.76. The lowest BCUT2D eigenvalue weighted by atomic mass is 10.1.